The lowest BCUT2D eigenvalue weighted by molar-refractivity contribution is -0.157. The van der Waals surface area contributed by atoms with Crippen molar-refractivity contribution in [1.29, 1.82) is 0 Å². The number of carbonyl (C=O) groups is 3. The molecule has 7 heteroatoms. The highest BCUT2D eigenvalue weighted by Gasteiger charge is 2.49. The molecular formula is C8H12N2O5. The number of carbonyl (C=O) groups excluding carboxylic acids is 1. The topological polar surface area (TPSA) is 121 Å². The monoisotopic (exact) mass is 216 g/mol. The molecular weight excluding hydrogens is 204 g/mol. The molecule has 0 saturated carbocycles. The molecule has 1 aliphatic heterocycles. The van der Waals surface area contributed by atoms with Crippen LogP contribution in [0.1, 0.15) is 6.92 Å². The minimum atomic E-state index is -1.74. The summed E-state index contributed by atoms with van der Waals surface area (Å²) in [5, 5.41) is 17.6. The van der Waals surface area contributed by atoms with Crippen LogP contribution in [-0.4, -0.2) is 52.1 Å². The maximum atomic E-state index is 11.5. The van der Waals surface area contributed by atoms with Gasteiger partial charge in [-0.3, -0.25) is 9.59 Å². The maximum Gasteiger partial charge on any atom is 0.407 e. The number of amides is 1. The van der Waals surface area contributed by atoms with E-state index in [-0.39, 0.29) is 13.1 Å². The summed E-state index contributed by atoms with van der Waals surface area (Å²) in [6.45, 7) is 0.674. The molecule has 7 nitrogen and oxygen atoms in total. The quantitative estimate of drug-likeness (QED) is 0.482. The summed E-state index contributed by atoms with van der Waals surface area (Å²) in [6.07, 6.45) is -1.27. The van der Waals surface area contributed by atoms with Gasteiger partial charge in [0.25, 0.3) is 0 Å². The Kier molecular flexibility index (Phi) is 2.67. The standard InChI is InChI=1S/C8H12N2O5/c1-8(6(12)13)3-10(7(14)15)2-4(9)5(8)11/h4H,2-3,9H2,1H3,(H,12,13)(H,14,15). The average Bonchev–Trinajstić information content (AvgIpc) is 2.12. The molecule has 1 aliphatic rings. The first-order valence-electron chi connectivity index (χ1n) is 4.30. The fraction of sp³-hybridized carbons (Fsp3) is 0.625. The van der Waals surface area contributed by atoms with Crippen molar-refractivity contribution >= 4 is 17.8 Å². The van der Waals surface area contributed by atoms with Crippen LogP contribution in [0.25, 0.3) is 0 Å². The molecule has 0 aliphatic carbocycles. The molecule has 0 aromatic heterocycles. The number of hydrogen-bond acceptors (Lipinski definition) is 4. The lowest BCUT2D eigenvalue weighted by atomic mass is 9.79. The number of carboxylic acids is 1. The molecule has 0 aromatic rings. The molecule has 84 valence electrons. The summed E-state index contributed by atoms with van der Waals surface area (Å²) in [4.78, 5) is 34.0. The summed E-state index contributed by atoms with van der Waals surface area (Å²) < 4.78 is 0. The predicted octanol–water partition coefficient (Wildman–Crippen LogP) is -1.03. The number of likely N-dealkylation sites (tertiary alicyclic amines) is 1. The van der Waals surface area contributed by atoms with Crippen LogP contribution < -0.4 is 5.73 Å². The zero-order valence-corrected chi connectivity index (χ0v) is 8.14. The molecule has 0 bridgehead atoms. The zero-order valence-electron chi connectivity index (χ0n) is 8.14. The Balaban J connectivity index is 3.01. The Labute approximate surface area is 85.5 Å². The van der Waals surface area contributed by atoms with E-state index in [0.717, 1.165) is 4.90 Å². The molecule has 15 heavy (non-hydrogen) atoms. The molecule has 1 fully saturated rings. The Morgan fingerprint density at radius 2 is 2.07 bits per heavy atom. The smallest absolute Gasteiger partial charge is 0.407 e. The normalized spacial score (nSPS) is 31.5. The van der Waals surface area contributed by atoms with Gasteiger partial charge in [0.05, 0.1) is 6.04 Å². The van der Waals surface area contributed by atoms with Gasteiger partial charge in [-0.15, -0.1) is 0 Å². The van der Waals surface area contributed by atoms with Crippen LogP contribution >= 0.6 is 0 Å². The first-order valence-corrected chi connectivity index (χ1v) is 4.30. The van der Waals surface area contributed by atoms with E-state index in [2.05, 4.69) is 0 Å². The fourth-order valence-electron chi connectivity index (χ4n) is 1.57. The second-order valence-electron chi connectivity index (χ2n) is 3.77. The minimum Gasteiger partial charge on any atom is -0.480 e. The number of piperidine rings is 1. The number of hydrogen-bond donors (Lipinski definition) is 3. The van der Waals surface area contributed by atoms with Gasteiger partial charge in [0.1, 0.15) is 5.41 Å². The summed E-state index contributed by atoms with van der Waals surface area (Å²) >= 11 is 0. The number of nitrogens with two attached hydrogens (primary N) is 1. The average molecular weight is 216 g/mol. The summed E-state index contributed by atoms with van der Waals surface area (Å²) in [5.41, 5.74) is 3.66. The van der Waals surface area contributed by atoms with Crippen LogP contribution in [0.5, 0.6) is 0 Å². The first kappa shape index (κ1) is 11.4. The van der Waals surface area contributed by atoms with Gasteiger partial charge in [-0.05, 0) is 6.92 Å². The fourth-order valence-corrected chi connectivity index (χ4v) is 1.57. The van der Waals surface area contributed by atoms with Crippen molar-refractivity contribution in [1.82, 2.24) is 4.90 Å². The van der Waals surface area contributed by atoms with Crippen LogP contribution in [0.4, 0.5) is 4.79 Å². The molecule has 4 N–H and O–H groups in total. The first-order chi connectivity index (χ1) is 6.79. The Morgan fingerprint density at radius 3 is 2.47 bits per heavy atom. The van der Waals surface area contributed by atoms with E-state index in [1.54, 1.807) is 0 Å². The second kappa shape index (κ2) is 3.50. The van der Waals surface area contributed by atoms with Gasteiger partial charge < -0.3 is 20.8 Å². The summed E-state index contributed by atoms with van der Waals surface area (Å²) in [5.74, 6) is -1.98. The van der Waals surface area contributed by atoms with Gasteiger partial charge in [-0.1, -0.05) is 0 Å². The minimum absolute atomic E-state index is 0.156. The third kappa shape index (κ3) is 1.78. The lowest BCUT2D eigenvalue weighted by Gasteiger charge is -2.37. The van der Waals surface area contributed by atoms with Crippen molar-refractivity contribution in [3.05, 3.63) is 0 Å². The zero-order chi connectivity index (χ0) is 11.8. The van der Waals surface area contributed by atoms with E-state index in [4.69, 9.17) is 15.9 Å². The number of ketones is 1. The van der Waals surface area contributed by atoms with Gasteiger partial charge in [-0.2, -0.15) is 0 Å². The second-order valence-corrected chi connectivity index (χ2v) is 3.77. The Bertz CT molecular complexity index is 329. The molecule has 1 saturated heterocycles. The van der Waals surface area contributed by atoms with Crippen molar-refractivity contribution in [3.63, 3.8) is 0 Å². The van der Waals surface area contributed by atoms with Crippen LogP contribution in [0.3, 0.4) is 0 Å². The number of carboxylic acid groups (broad SMARTS) is 2. The van der Waals surface area contributed by atoms with Gasteiger partial charge in [-0.25, -0.2) is 4.79 Å². The molecule has 0 spiro atoms. The van der Waals surface area contributed by atoms with Gasteiger partial charge in [0.2, 0.25) is 0 Å². The van der Waals surface area contributed by atoms with Crippen LogP contribution in [0.2, 0.25) is 0 Å². The third-order valence-corrected chi connectivity index (χ3v) is 2.55. The molecule has 1 heterocycles. The van der Waals surface area contributed by atoms with E-state index in [1.807, 2.05) is 0 Å². The van der Waals surface area contributed by atoms with Crippen LogP contribution in [-0.2, 0) is 9.59 Å². The number of aliphatic carboxylic acids is 1. The molecule has 2 atom stereocenters. The molecule has 1 rings (SSSR count). The molecule has 2 unspecified atom stereocenters. The number of nitrogens with zero attached hydrogens (tertiary/aromatic N) is 1. The highest BCUT2D eigenvalue weighted by Crippen LogP contribution is 2.26. The van der Waals surface area contributed by atoms with E-state index in [0.29, 0.717) is 0 Å². The molecule has 0 radical (unpaired) electrons. The molecule has 1 amide bonds. The van der Waals surface area contributed by atoms with E-state index in [1.165, 1.54) is 6.92 Å². The van der Waals surface area contributed by atoms with Crippen molar-refractivity contribution in [3.8, 4) is 0 Å². The van der Waals surface area contributed by atoms with E-state index < -0.39 is 29.3 Å². The van der Waals surface area contributed by atoms with Gasteiger partial charge in [0, 0.05) is 13.1 Å². The largest absolute Gasteiger partial charge is 0.480 e. The van der Waals surface area contributed by atoms with Crippen molar-refractivity contribution < 1.29 is 24.6 Å². The van der Waals surface area contributed by atoms with Crippen molar-refractivity contribution in [2.24, 2.45) is 11.1 Å². The number of Topliss-reactive ketones (excluding diaryl/α,β-unsaturated/α-hetero) is 1. The maximum absolute atomic E-state index is 11.5. The van der Waals surface area contributed by atoms with Crippen molar-refractivity contribution in [2.75, 3.05) is 13.1 Å². The van der Waals surface area contributed by atoms with Crippen molar-refractivity contribution in [2.45, 2.75) is 13.0 Å². The number of rotatable bonds is 1. The van der Waals surface area contributed by atoms with E-state index >= 15 is 0 Å². The predicted molar refractivity (Wildman–Crippen MR) is 48.3 cm³/mol. The highest BCUT2D eigenvalue weighted by atomic mass is 16.4. The summed E-state index contributed by atoms with van der Waals surface area (Å²) in [7, 11) is 0. The lowest BCUT2D eigenvalue weighted by Crippen LogP contribution is -2.62. The Hall–Kier alpha value is -1.63. The molecule has 0 aromatic carbocycles. The highest BCUT2D eigenvalue weighted by molar-refractivity contribution is 6.06. The SMILES string of the molecule is CC1(C(=O)O)CN(C(=O)O)CC(N)C1=O. The third-order valence-electron chi connectivity index (χ3n) is 2.55. The van der Waals surface area contributed by atoms with Crippen LogP contribution in [0, 0.1) is 5.41 Å². The van der Waals surface area contributed by atoms with Gasteiger partial charge in [0.15, 0.2) is 5.78 Å². The van der Waals surface area contributed by atoms with Crippen LogP contribution in [0.15, 0.2) is 0 Å². The summed E-state index contributed by atoms with van der Waals surface area (Å²) in [6, 6.07) is -1.07. The van der Waals surface area contributed by atoms with E-state index in [9.17, 15) is 14.4 Å². The Morgan fingerprint density at radius 1 is 1.53 bits per heavy atom. The van der Waals surface area contributed by atoms with Gasteiger partial charge >= 0.3 is 12.1 Å².